The molecule has 0 fully saturated rings. The number of carbonyl (C=O) groups is 2. The summed E-state index contributed by atoms with van der Waals surface area (Å²) >= 11 is 0. The highest BCUT2D eigenvalue weighted by Gasteiger charge is 2.16. The number of anilines is 2. The van der Waals surface area contributed by atoms with Crippen LogP contribution in [0.1, 0.15) is 24.3 Å². The van der Waals surface area contributed by atoms with Crippen LogP contribution in [-0.4, -0.2) is 21.6 Å². The van der Waals surface area contributed by atoms with E-state index in [9.17, 15) is 14.0 Å². The molecule has 116 valence electrons. The smallest absolute Gasteiger partial charge is 0.276 e. The number of halogens is 1. The fourth-order valence-corrected chi connectivity index (χ4v) is 1.73. The van der Waals surface area contributed by atoms with E-state index in [0.717, 1.165) is 0 Å². The van der Waals surface area contributed by atoms with E-state index in [1.165, 1.54) is 28.9 Å². The SMILES string of the molecule is CC(C)C(=O)Nc1cc(C(=O)Nc2cccc(F)c2)nn1C. The number of benzene rings is 1. The number of carbonyl (C=O) groups excluding carboxylic acids is 2. The number of rotatable bonds is 4. The fraction of sp³-hybridized carbons (Fsp3) is 0.267. The second-order valence-electron chi connectivity index (χ2n) is 5.15. The van der Waals surface area contributed by atoms with Crippen LogP contribution in [0, 0.1) is 11.7 Å². The first-order valence-electron chi connectivity index (χ1n) is 6.78. The third-order valence-corrected chi connectivity index (χ3v) is 2.97. The molecule has 0 bridgehead atoms. The van der Waals surface area contributed by atoms with Crippen molar-refractivity contribution in [2.24, 2.45) is 13.0 Å². The van der Waals surface area contributed by atoms with E-state index in [0.29, 0.717) is 11.5 Å². The lowest BCUT2D eigenvalue weighted by molar-refractivity contribution is -0.118. The van der Waals surface area contributed by atoms with Gasteiger partial charge in [0, 0.05) is 24.7 Å². The van der Waals surface area contributed by atoms with Crippen LogP contribution in [0.15, 0.2) is 30.3 Å². The zero-order valence-electron chi connectivity index (χ0n) is 12.6. The Kier molecular flexibility index (Phi) is 4.55. The fourth-order valence-electron chi connectivity index (χ4n) is 1.73. The molecule has 22 heavy (non-hydrogen) atoms. The average molecular weight is 304 g/mol. The van der Waals surface area contributed by atoms with Gasteiger partial charge in [-0.2, -0.15) is 5.10 Å². The van der Waals surface area contributed by atoms with Crippen molar-refractivity contribution in [2.75, 3.05) is 10.6 Å². The Bertz CT molecular complexity index is 709. The highest BCUT2D eigenvalue weighted by molar-refractivity contribution is 6.04. The summed E-state index contributed by atoms with van der Waals surface area (Å²) in [6, 6.07) is 7.04. The van der Waals surface area contributed by atoms with Crippen molar-refractivity contribution in [1.29, 1.82) is 0 Å². The minimum absolute atomic E-state index is 0.130. The molecule has 2 rings (SSSR count). The number of nitrogens with one attached hydrogen (secondary N) is 2. The van der Waals surface area contributed by atoms with E-state index in [4.69, 9.17) is 0 Å². The second-order valence-corrected chi connectivity index (χ2v) is 5.15. The van der Waals surface area contributed by atoms with E-state index in [1.54, 1.807) is 27.0 Å². The summed E-state index contributed by atoms with van der Waals surface area (Å²) in [4.78, 5) is 23.8. The van der Waals surface area contributed by atoms with Gasteiger partial charge in [-0.25, -0.2) is 4.39 Å². The normalized spacial score (nSPS) is 10.6. The molecular formula is C15H17FN4O2. The van der Waals surface area contributed by atoms with Gasteiger partial charge in [-0.1, -0.05) is 19.9 Å². The van der Waals surface area contributed by atoms with Crippen LogP contribution < -0.4 is 10.6 Å². The summed E-state index contributed by atoms with van der Waals surface area (Å²) in [5, 5.41) is 9.27. The molecule has 1 aromatic heterocycles. The van der Waals surface area contributed by atoms with Crippen molar-refractivity contribution in [1.82, 2.24) is 9.78 Å². The van der Waals surface area contributed by atoms with Gasteiger partial charge in [-0.15, -0.1) is 0 Å². The lowest BCUT2D eigenvalue weighted by atomic mass is 10.2. The summed E-state index contributed by atoms with van der Waals surface area (Å²) in [7, 11) is 1.62. The minimum atomic E-state index is -0.480. The molecule has 0 aliphatic rings. The molecule has 1 aromatic carbocycles. The molecular weight excluding hydrogens is 287 g/mol. The van der Waals surface area contributed by atoms with Gasteiger partial charge in [0.2, 0.25) is 5.91 Å². The molecule has 0 unspecified atom stereocenters. The van der Waals surface area contributed by atoms with Gasteiger partial charge in [-0.05, 0) is 18.2 Å². The second kappa shape index (κ2) is 6.38. The quantitative estimate of drug-likeness (QED) is 0.910. The standard InChI is InChI=1S/C15H17FN4O2/c1-9(2)14(21)18-13-8-12(19-20(13)3)15(22)17-11-6-4-5-10(16)7-11/h4-9H,1-3H3,(H,17,22)(H,18,21). The monoisotopic (exact) mass is 304 g/mol. The van der Waals surface area contributed by atoms with Crippen LogP contribution in [-0.2, 0) is 11.8 Å². The molecule has 2 amide bonds. The first kappa shape index (κ1) is 15.7. The first-order valence-corrected chi connectivity index (χ1v) is 6.78. The van der Waals surface area contributed by atoms with Gasteiger partial charge in [-0.3, -0.25) is 14.3 Å². The lowest BCUT2D eigenvalue weighted by Crippen LogP contribution is -2.19. The Hall–Kier alpha value is -2.70. The van der Waals surface area contributed by atoms with Crippen molar-refractivity contribution < 1.29 is 14.0 Å². The maximum Gasteiger partial charge on any atom is 0.276 e. The van der Waals surface area contributed by atoms with Gasteiger partial charge >= 0.3 is 0 Å². The number of aryl methyl sites for hydroxylation is 1. The Morgan fingerprint density at radius 1 is 1.23 bits per heavy atom. The van der Waals surface area contributed by atoms with Gasteiger partial charge in [0.05, 0.1) is 0 Å². The average Bonchev–Trinajstić information content (AvgIpc) is 2.80. The predicted octanol–water partition coefficient (Wildman–Crippen LogP) is 2.41. The lowest BCUT2D eigenvalue weighted by Gasteiger charge is -2.06. The van der Waals surface area contributed by atoms with Crippen LogP contribution >= 0.6 is 0 Å². The zero-order valence-corrected chi connectivity index (χ0v) is 12.6. The van der Waals surface area contributed by atoms with Gasteiger partial charge in [0.1, 0.15) is 11.6 Å². The van der Waals surface area contributed by atoms with E-state index in [-0.39, 0.29) is 17.5 Å². The number of amides is 2. The zero-order chi connectivity index (χ0) is 16.3. The maximum atomic E-state index is 13.1. The number of aromatic nitrogens is 2. The number of hydrogen-bond donors (Lipinski definition) is 2. The third-order valence-electron chi connectivity index (χ3n) is 2.97. The highest BCUT2D eigenvalue weighted by atomic mass is 19.1. The Labute approximate surface area is 127 Å². The van der Waals surface area contributed by atoms with E-state index >= 15 is 0 Å². The molecule has 0 atom stereocenters. The molecule has 7 heteroatoms. The van der Waals surface area contributed by atoms with Crippen LogP contribution in [0.25, 0.3) is 0 Å². The molecule has 0 aliphatic carbocycles. The molecule has 2 aromatic rings. The molecule has 2 N–H and O–H groups in total. The van der Waals surface area contributed by atoms with Crippen molar-refractivity contribution in [2.45, 2.75) is 13.8 Å². The summed E-state index contributed by atoms with van der Waals surface area (Å²) < 4.78 is 14.5. The summed E-state index contributed by atoms with van der Waals surface area (Å²) in [5.74, 6) is -0.849. The predicted molar refractivity (Wildman–Crippen MR) is 81.0 cm³/mol. The van der Waals surface area contributed by atoms with Crippen molar-refractivity contribution in [3.05, 3.63) is 41.8 Å². The minimum Gasteiger partial charge on any atom is -0.320 e. The van der Waals surface area contributed by atoms with E-state index in [2.05, 4.69) is 15.7 Å². The molecule has 0 spiro atoms. The molecule has 0 saturated carbocycles. The first-order chi connectivity index (χ1) is 10.4. The third kappa shape index (κ3) is 3.69. The van der Waals surface area contributed by atoms with E-state index < -0.39 is 11.7 Å². The van der Waals surface area contributed by atoms with Crippen LogP contribution in [0.4, 0.5) is 15.9 Å². The highest BCUT2D eigenvalue weighted by Crippen LogP contribution is 2.14. The number of nitrogens with zero attached hydrogens (tertiary/aromatic N) is 2. The molecule has 0 radical (unpaired) electrons. The Morgan fingerprint density at radius 2 is 1.95 bits per heavy atom. The van der Waals surface area contributed by atoms with Gasteiger partial charge in [0.25, 0.3) is 5.91 Å². The molecule has 0 aliphatic heterocycles. The molecule has 6 nitrogen and oxygen atoms in total. The molecule has 1 heterocycles. The Balaban J connectivity index is 2.12. The van der Waals surface area contributed by atoms with Crippen molar-refractivity contribution in [3.63, 3.8) is 0 Å². The van der Waals surface area contributed by atoms with Crippen LogP contribution in [0.5, 0.6) is 0 Å². The van der Waals surface area contributed by atoms with Crippen molar-refractivity contribution in [3.8, 4) is 0 Å². The largest absolute Gasteiger partial charge is 0.320 e. The van der Waals surface area contributed by atoms with Gasteiger partial charge in [0.15, 0.2) is 5.69 Å². The van der Waals surface area contributed by atoms with Crippen LogP contribution in [0.3, 0.4) is 0 Å². The maximum absolute atomic E-state index is 13.1. The van der Waals surface area contributed by atoms with Crippen molar-refractivity contribution >= 4 is 23.3 Å². The topological polar surface area (TPSA) is 76.0 Å². The molecule has 0 saturated heterocycles. The number of hydrogen-bond acceptors (Lipinski definition) is 3. The van der Waals surface area contributed by atoms with Crippen LogP contribution in [0.2, 0.25) is 0 Å². The summed E-state index contributed by atoms with van der Waals surface area (Å²) in [6.45, 7) is 3.53. The summed E-state index contributed by atoms with van der Waals surface area (Å²) in [5.41, 5.74) is 0.467. The Morgan fingerprint density at radius 3 is 2.59 bits per heavy atom. The van der Waals surface area contributed by atoms with Gasteiger partial charge < -0.3 is 10.6 Å². The van der Waals surface area contributed by atoms with E-state index in [1.807, 2.05) is 0 Å². The summed E-state index contributed by atoms with van der Waals surface area (Å²) in [6.07, 6.45) is 0.